The summed E-state index contributed by atoms with van der Waals surface area (Å²) in [5, 5.41) is 0. The number of benzene rings is 2. The third kappa shape index (κ3) is 5.06. The summed E-state index contributed by atoms with van der Waals surface area (Å²) in [7, 11) is 0. The van der Waals surface area contributed by atoms with Gasteiger partial charge in [0.25, 0.3) is 0 Å². The highest BCUT2D eigenvalue weighted by molar-refractivity contribution is 9.10. The molecule has 0 spiro atoms. The monoisotopic (exact) mass is 365 g/mol. The fraction of sp³-hybridized carbons (Fsp3) is 0.294. The second-order valence-corrected chi connectivity index (χ2v) is 6.77. The molecule has 0 aliphatic carbocycles. The molecule has 2 nitrogen and oxygen atoms in total. The van der Waals surface area contributed by atoms with Crippen molar-refractivity contribution in [1.29, 1.82) is 0 Å². The van der Waals surface area contributed by atoms with E-state index in [0.717, 1.165) is 34.6 Å². The topological polar surface area (TPSA) is 35.2 Å². The first-order valence-electron chi connectivity index (χ1n) is 7.06. The van der Waals surface area contributed by atoms with Crippen LogP contribution in [0.5, 0.6) is 5.75 Å². The smallest absolute Gasteiger partial charge is 0.124 e. The van der Waals surface area contributed by atoms with E-state index in [1.54, 1.807) is 11.8 Å². The van der Waals surface area contributed by atoms with Crippen molar-refractivity contribution in [2.75, 3.05) is 12.4 Å². The summed E-state index contributed by atoms with van der Waals surface area (Å²) in [6, 6.07) is 16.3. The van der Waals surface area contributed by atoms with Crippen molar-refractivity contribution in [3.8, 4) is 5.75 Å². The number of halogens is 1. The van der Waals surface area contributed by atoms with Crippen molar-refractivity contribution >= 4 is 27.7 Å². The molecule has 112 valence electrons. The van der Waals surface area contributed by atoms with Gasteiger partial charge in [-0.2, -0.15) is 0 Å². The maximum atomic E-state index is 6.34. The summed E-state index contributed by atoms with van der Waals surface area (Å²) in [4.78, 5) is 1.22. The predicted octanol–water partition coefficient (Wildman–Crippen LogP) is 5.03. The highest BCUT2D eigenvalue weighted by Gasteiger charge is 2.12. The van der Waals surface area contributed by atoms with Gasteiger partial charge in [-0.25, -0.2) is 0 Å². The maximum Gasteiger partial charge on any atom is 0.124 e. The van der Waals surface area contributed by atoms with Gasteiger partial charge in [-0.05, 0) is 36.8 Å². The average molecular weight is 366 g/mol. The van der Waals surface area contributed by atoms with E-state index in [2.05, 4.69) is 41.1 Å². The molecule has 0 saturated heterocycles. The third-order valence-corrected chi connectivity index (χ3v) is 4.68. The summed E-state index contributed by atoms with van der Waals surface area (Å²) in [6.07, 6.45) is 0.997. The van der Waals surface area contributed by atoms with Gasteiger partial charge in [0, 0.05) is 26.7 Å². The van der Waals surface area contributed by atoms with Crippen molar-refractivity contribution in [2.45, 2.75) is 24.3 Å². The van der Waals surface area contributed by atoms with Crippen LogP contribution in [0.1, 0.15) is 24.9 Å². The molecule has 4 heteroatoms. The summed E-state index contributed by atoms with van der Waals surface area (Å²) in [5.74, 6) is 1.73. The minimum Gasteiger partial charge on any atom is -0.493 e. The van der Waals surface area contributed by atoms with E-state index < -0.39 is 0 Å². The van der Waals surface area contributed by atoms with Gasteiger partial charge in [-0.1, -0.05) is 41.1 Å². The lowest BCUT2D eigenvalue weighted by Crippen LogP contribution is -2.14. The van der Waals surface area contributed by atoms with Gasteiger partial charge < -0.3 is 10.5 Å². The molecule has 0 bridgehead atoms. The lowest BCUT2D eigenvalue weighted by molar-refractivity contribution is 0.313. The van der Waals surface area contributed by atoms with Crippen LogP contribution >= 0.6 is 27.7 Å². The van der Waals surface area contributed by atoms with Gasteiger partial charge in [0.05, 0.1) is 6.61 Å². The Hall–Kier alpha value is -0.970. The number of para-hydroxylation sites is 1. The van der Waals surface area contributed by atoms with Crippen molar-refractivity contribution in [1.82, 2.24) is 0 Å². The molecule has 21 heavy (non-hydrogen) atoms. The second kappa shape index (κ2) is 8.47. The van der Waals surface area contributed by atoms with Gasteiger partial charge in [0.1, 0.15) is 5.75 Å². The highest BCUT2D eigenvalue weighted by Crippen LogP contribution is 2.29. The number of rotatable bonds is 7. The van der Waals surface area contributed by atoms with Crippen molar-refractivity contribution < 1.29 is 4.74 Å². The Labute approximate surface area is 139 Å². The van der Waals surface area contributed by atoms with Crippen LogP contribution in [0.4, 0.5) is 0 Å². The zero-order chi connectivity index (χ0) is 15.1. The third-order valence-electron chi connectivity index (χ3n) is 3.02. The molecule has 2 rings (SSSR count). The van der Waals surface area contributed by atoms with Crippen molar-refractivity contribution in [3.05, 3.63) is 58.6 Å². The molecule has 2 N–H and O–H groups in total. The molecular weight excluding hydrogens is 346 g/mol. The van der Waals surface area contributed by atoms with Crippen LogP contribution in [0.25, 0.3) is 0 Å². The molecule has 1 unspecified atom stereocenters. The Kier molecular flexibility index (Phi) is 6.61. The minimum absolute atomic E-state index is 0.0355. The molecule has 0 aliphatic heterocycles. The van der Waals surface area contributed by atoms with Gasteiger partial charge >= 0.3 is 0 Å². The zero-order valence-corrected chi connectivity index (χ0v) is 14.5. The Morgan fingerprint density at radius 2 is 1.86 bits per heavy atom. The minimum atomic E-state index is -0.0355. The second-order valence-electron chi connectivity index (χ2n) is 4.76. The number of thioether (sulfide) groups is 1. The molecule has 0 radical (unpaired) electrons. The van der Waals surface area contributed by atoms with E-state index in [0.29, 0.717) is 0 Å². The van der Waals surface area contributed by atoms with E-state index >= 15 is 0 Å². The van der Waals surface area contributed by atoms with Crippen LogP contribution in [-0.4, -0.2) is 12.4 Å². The van der Waals surface area contributed by atoms with E-state index in [1.165, 1.54) is 4.90 Å². The average Bonchev–Trinajstić information content (AvgIpc) is 2.52. The molecule has 0 aliphatic rings. The molecule has 1 atom stereocenters. The lowest BCUT2D eigenvalue weighted by Gasteiger charge is -2.16. The summed E-state index contributed by atoms with van der Waals surface area (Å²) < 4.78 is 6.87. The Balaban J connectivity index is 1.99. The highest BCUT2D eigenvalue weighted by atomic mass is 79.9. The number of nitrogens with two attached hydrogens (primary N) is 1. The number of hydrogen-bond donors (Lipinski definition) is 1. The Morgan fingerprint density at radius 1 is 1.14 bits per heavy atom. The number of ether oxygens (including phenoxy) is 1. The molecule has 0 heterocycles. The standard InChI is InChI=1S/C17H20BrNOS/c1-2-11-20-17-6-4-3-5-15(17)16(19)12-21-14-9-7-13(18)8-10-14/h3-10,16H,2,11-12,19H2,1H3. The first-order valence-corrected chi connectivity index (χ1v) is 8.84. The molecule has 0 saturated carbocycles. The summed E-state index contributed by atoms with van der Waals surface area (Å²) in [5.41, 5.74) is 7.41. The van der Waals surface area contributed by atoms with Crippen LogP contribution in [0.3, 0.4) is 0 Å². The van der Waals surface area contributed by atoms with Gasteiger partial charge in [0.2, 0.25) is 0 Å². The predicted molar refractivity (Wildman–Crippen MR) is 94.0 cm³/mol. The van der Waals surface area contributed by atoms with Crippen LogP contribution in [-0.2, 0) is 0 Å². The molecule has 0 amide bonds. The Bertz CT molecular complexity index is 559. The quantitative estimate of drug-likeness (QED) is 0.698. The van der Waals surface area contributed by atoms with Gasteiger partial charge in [0.15, 0.2) is 0 Å². The van der Waals surface area contributed by atoms with Crippen LogP contribution in [0.15, 0.2) is 57.9 Å². The molecule has 0 aromatic heterocycles. The summed E-state index contributed by atoms with van der Waals surface area (Å²) >= 11 is 5.21. The molecule has 2 aromatic carbocycles. The van der Waals surface area contributed by atoms with Crippen molar-refractivity contribution in [3.63, 3.8) is 0 Å². The normalized spacial score (nSPS) is 12.1. The van der Waals surface area contributed by atoms with E-state index in [1.807, 2.05) is 30.3 Å². The van der Waals surface area contributed by atoms with E-state index in [9.17, 15) is 0 Å². The SMILES string of the molecule is CCCOc1ccccc1C(N)CSc1ccc(Br)cc1. The van der Waals surface area contributed by atoms with E-state index in [4.69, 9.17) is 10.5 Å². The number of hydrogen-bond acceptors (Lipinski definition) is 3. The van der Waals surface area contributed by atoms with Gasteiger partial charge in [-0.15, -0.1) is 11.8 Å². The first kappa shape index (κ1) is 16.4. The first-order chi connectivity index (χ1) is 10.2. The molecular formula is C17H20BrNOS. The molecule has 0 fully saturated rings. The van der Waals surface area contributed by atoms with Crippen LogP contribution in [0.2, 0.25) is 0 Å². The van der Waals surface area contributed by atoms with E-state index in [-0.39, 0.29) is 6.04 Å². The van der Waals surface area contributed by atoms with Gasteiger partial charge in [-0.3, -0.25) is 0 Å². The Morgan fingerprint density at radius 3 is 2.57 bits per heavy atom. The van der Waals surface area contributed by atoms with Crippen LogP contribution < -0.4 is 10.5 Å². The van der Waals surface area contributed by atoms with Crippen LogP contribution in [0, 0.1) is 0 Å². The van der Waals surface area contributed by atoms with Crippen molar-refractivity contribution in [2.24, 2.45) is 5.73 Å². The largest absolute Gasteiger partial charge is 0.493 e. The molecule has 2 aromatic rings. The zero-order valence-electron chi connectivity index (χ0n) is 12.1. The lowest BCUT2D eigenvalue weighted by atomic mass is 10.1. The fourth-order valence-corrected chi connectivity index (χ4v) is 3.08. The summed E-state index contributed by atoms with van der Waals surface area (Å²) in [6.45, 7) is 2.83. The maximum absolute atomic E-state index is 6.34. The fourth-order valence-electron chi connectivity index (χ4n) is 1.94.